The molecule has 0 unspecified atom stereocenters. The molecule has 0 aliphatic carbocycles. The minimum Gasteiger partial charge on any atom is -0.465 e. The molecule has 8 heteroatoms. The van der Waals surface area contributed by atoms with Gasteiger partial charge in [0.25, 0.3) is 5.91 Å². The molecule has 8 nitrogen and oxygen atoms in total. The van der Waals surface area contributed by atoms with Crippen LogP contribution < -0.4 is 5.32 Å². The van der Waals surface area contributed by atoms with Crippen molar-refractivity contribution >= 4 is 17.8 Å². The molecule has 0 spiro atoms. The fourth-order valence-electron chi connectivity index (χ4n) is 3.56. The highest BCUT2D eigenvalue weighted by Gasteiger charge is 2.29. The van der Waals surface area contributed by atoms with E-state index in [9.17, 15) is 19.5 Å². The zero-order chi connectivity index (χ0) is 22.8. The van der Waals surface area contributed by atoms with Gasteiger partial charge in [-0.25, -0.2) is 4.79 Å². The van der Waals surface area contributed by atoms with Crippen molar-refractivity contribution in [3.8, 4) is 0 Å². The first-order chi connectivity index (χ1) is 14.8. The number of aliphatic hydroxyl groups is 1. The van der Waals surface area contributed by atoms with Gasteiger partial charge in [-0.15, -0.1) is 6.58 Å². The van der Waals surface area contributed by atoms with Crippen molar-refractivity contribution < 1.29 is 24.2 Å². The molecule has 1 aromatic carbocycles. The number of piperidine rings is 1. The second-order valence-electron chi connectivity index (χ2n) is 7.84. The van der Waals surface area contributed by atoms with Gasteiger partial charge in [-0.2, -0.15) is 0 Å². The van der Waals surface area contributed by atoms with E-state index in [-0.39, 0.29) is 17.9 Å². The molecule has 1 aliphatic heterocycles. The molecule has 0 bridgehead atoms. The summed E-state index contributed by atoms with van der Waals surface area (Å²) in [4.78, 5) is 41.3. The Balaban J connectivity index is 2.05. The topological polar surface area (TPSA) is 99.2 Å². The predicted molar refractivity (Wildman–Crippen MR) is 118 cm³/mol. The van der Waals surface area contributed by atoms with E-state index in [1.807, 2.05) is 13.1 Å². The first-order valence-electron chi connectivity index (χ1n) is 10.6. The normalized spacial score (nSPS) is 15.4. The first-order valence-corrected chi connectivity index (χ1v) is 10.6. The van der Waals surface area contributed by atoms with Crippen LogP contribution >= 0.6 is 0 Å². The fourth-order valence-corrected chi connectivity index (χ4v) is 3.56. The number of hydrogen-bond donors (Lipinski definition) is 2. The highest BCUT2D eigenvalue weighted by atomic mass is 16.5. The van der Waals surface area contributed by atoms with E-state index in [0.717, 1.165) is 19.5 Å². The van der Waals surface area contributed by atoms with Gasteiger partial charge in [-0.05, 0) is 63.5 Å². The largest absolute Gasteiger partial charge is 0.465 e. The highest BCUT2D eigenvalue weighted by Crippen LogP contribution is 2.14. The van der Waals surface area contributed by atoms with Crippen LogP contribution in [0.25, 0.3) is 0 Å². The maximum atomic E-state index is 13.1. The summed E-state index contributed by atoms with van der Waals surface area (Å²) < 4.78 is 4.67. The van der Waals surface area contributed by atoms with Gasteiger partial charge >= 0.3 is 5.97 Å². The second kappa shape index (κ2) is 12.2. The van der Waals surface area contributed by atoms with Gasteiger partial charge < -0.3 is 25.0 Å². The summed E-state index contributed by atoms with van der Waals surface area (Å²) in [6.45, 7) is 6.22. The van der Waals surface area contributed by atoms with E-state index in [4.69, 9.17) is 0 Å². The maximum absolute atomic E-state index is 13.1. The second-order valence-corrected chi connectivity index (χ2v) is 7.84. The maximum Gasteiger partial charge on any atom is 0.337 e. The SMILES string of the molecule is C=CCN(C)CCC[C@H](NC(=O)c1ccc(C(=O)OC)cc1)C(=O)N1CCC(O)CC1. The molecule has 2 amide bonds. The number of nitrogens with one attached hydrogen (secondary N) is 1. The lowest BCUT2D eigenvalue weighted by atomic mass is 10.0. The number of amides is 2. The lowest BCUT2D eigenvalue weighted by Crippen LogP contribution is -2.51. The summed E-state index contributed by atoms with van der Waals surface area (Å²) in [6, 6.07) is 5.47. The van der Waals surface area contributed by atoms with Crippen molar-refractivity contribution in [1.29, 1.82) is 0 Å². The molecule has 31 heavy (non-hydrogen) atoms. The number of hydrogen-bond acceptors (Lipinski definition) is 6. The molecule has 1 fully saturated rings. The van der Waals surface area contributed by atoms with Crippen LogP contribution in [0.5, 0.6) is 0 Å². The number of benzene rings is 1. The Hall–Kier alpha value is -2.71. The van der Waals surface area contributed by atoms with Gasteiger partial charge in [0.2, 0.25) is 5.91 Å². The number of ether oxygens (including phenoxy) is 1. The minimum absolute atomic E-state index is 0.127. The Kier molecular flexibility index (Phi) is 9.68. The Morgan fingerprint density at radius 2 is 1.87 bits per heavy atom. The molecule has 2 rings (SSSR count). The van der Waals surface area contributed by atoms with E-state index in [1.165, 1.54) is 31.4 Å². The van der Waals surface area contributed by atoms with Crippen molar-refractivity contribution in [3.63, 3.8) is 0 Å². The molecule has 1 aliphatic rings. The van der Waals surface area contributed by atoms with E-state index in [0.29, 0.717) is 43.5 Å². The van der Waals surface area contributed by atoms with Crippen LogP contribution in [-0.4, -0.2) is 85.2 Å². The number of esters is 1. The van der Waals surface area contributed by atoms with E-state index in [2.05, 4.69) is 21.5 Å². The van der Waals surface area contributed by atoms with Crippen LogP contribution in [0.1, 0.15) is 46.4 Å². The van der Waals surface area contributed by atoms with Crippen molar-refractivity contribution in [3.05, 3.63) is 48.0 Å². The molecule has 2 N–H and O–H groups in total. The van der Waals surface area contributed by atoms with Crippen molar-refractivity contribution in [2.45, 2.75) is 37.8 Å². The number of likely N-dealkylation sites (tertiary alicyclic amines) is 1. The summed E-state index contributed by atoms with van der Waals surface area (Å²) in [5.74, 6) is -0.972. The Morgan fingerprint density at radius 1 is 1.26 bits per heavy atom. The molecule has 1 atom stereocenters. The fraction of sp³-hybridized carbons (Fsp3) is 0.522. The molecular weight excluding hydrogens is 398 g/mol. The highest BCUT2D eigenvalue weighted by molar-refractivity contribution is 5.98. The van der Waals surface area contributed by atoms with Crippen LogP contribution in [0.4, 0.5) is 0 Å². The molecule has 1 saturated heterocycles. The van der Waals surface area contributed by atoms with Crippen molar-refractivity contribution in [2.75, 3.05) is 40.3 Å². The van der Waals surface area contributed by atoms with Crippen LogP contribution in [0.3, 0.4) is 0 Å². The zero-order valence-electron chi connectivity index (χ0n) is 18.4. The van der Waals surface area contributed by atoms with Gasteiger partial charge in [0.05, 0.1) is 18.8 Å². The van der Waals surface area contributed by atoms with Gasteiger partial charge in [-0.3, -0.25) is 9.59 Å². The molecule has 0 radical (unpaired) electrons. The number of carbonyl (C=O) groups excluding carboxylic acids is 3. The molecule has 0 saturated carbocycles. The number of carbonyl (C=O) groups is 3. The quantitative estimate of drug-likeness (QED) is 0.430. The van der Waals surface area contributed by atoms with Gasteiger partial charge in [0.15, 0.2) is 0 Å². The summed E-state index contributed by atoms with van der Waals surface area (Å²) in [5.41, 5.74) is 0.715. The zero-order valence-corrected chi connectivity index (χ0v) is 18.4. The minimum atomic E-state index is -0.653. The summed E-state index contributed by atoms with van der Waals surface area (Å²) >= 11 is 0. The Bertz CT molecular complexity index is 757. The predicted octanol–water partition coefficient (Wildman–Crippen LogP) is 1.45. The van der Waals surface area contributed by atoms with E-state index in [1.54, 1.807) is 4.90 Å². The third-order valence-corrected chi connectivity index (χ3v) is 5.42. The third-order valence-electron chi connectivity index (χ3n) is 5.42. The monoisotopic (exact) mass is 431 g/mol. The van der Waals surface area contributed by atoms with Crippen LogP contribution in [0, 0.1) is 0 Å². The summed E-state index contributed by atoms with van der Waals surface area (Å²) in [6.07, 6.45) is 3.77. The smallest absolute Gasteiger partial charge is 0.337 e. The Morgan fingerprint density at radius 3 is 2.45 bits per heavy atom. The summed E-state index contributed by atoms with van der Waals surface area (Å²) in [5, 5.41) is 12.6. The molecular formula is C23H33N3O5. The standard InChI is InChI=1S/C23H33N3O5/c1-4-13-25(2)14-5-6-20(22(29)26-15-11-19(27)12-16-26)24-21(28)17-7-9-18(10-8-17)23(30)31-3/h4,7-10,19-20,27H,1,5-6,11-16H2,2-3H3,(H,24,28)/t20-/m0/s1. The van der Waals surface area contributed by atoms with Crippen LogP contribution in [0.15, 0.2) is 36.9 Å². The van der Waals surface area contributed by atoms with Crippen molar-refractivity contribution in [2.24, 2.45) is 0 Å². The number of rotatable bonds is 10. The van der Waals surface area contributed by atoms with Crippen molar-refractivity contribution in [1.82, 2.24) is 15.1 Å². The van der Waals surface area contributed by atoms with Crippen LogP contribution in [0.2, 0.25) is 0 Å². The molecule has 170 valence electrons. The van der Waals surface area contributed by atoms with Gasteiger partial charge in [0.1, 0.15) is 6.04 Å². The van der Waals surface area contributed by atoms with E-state index >= 15 is 0 Å². The number of nitrogens with zero attached hydrogens (tertiary/aromatic N) is 2. The average molecular weight is 432 g/mol. The number of aliphatic hydroxyl groups excluding tert-OH is 1. The lowest BCUT2D eigenvalue weighted by Gasteiger charge is -2.33. The Labute approximate surface area is 183 Å². The van der Waals surface area contributed by atoms with Crippen LogP contribution in [-0.2, 0) is 9.53 Å². The lowest BCUT2D eigenvalue weighted by molar-refractivity contribution is -0.135. The molecule has 1 aromatic rings. The molecule has 1 heterocycles. The number of likely N-dealkylation sites (N-methyl/N-ethyl adjacent to an activating group) is 1. The average Bonchev–Trinajstić information content (AvgIpc) is 2.78. The third kappa shape index (κ3) is 7.48. The number of methoxy groups -OCH3 is 1. The van der Waals surface area contributed by atoms with Gasteiger partial charge in [-0.1, -0.05) is 6.08 Å². The summed E-state index contributed by atoms with van der Waals surface area (Å²) in [7, 11) is 3.28. The molecule has 0 aromatic heterocycles. The first kappa shape index (κ1) is 24.6. The van der Waals surface area contributed by atoms with E-state index < -0.39 is 12.0 Å². The van der Waals surface area contributed by atoms with Gasteiger partial charge in [0, 0.05) is 25.2 Å².